The molecule has 1 aliphatic carbocycles. The van der Waals surface area contributed by atoms with E-state index in [-0.39, 0.29) is 17.9 Å². The maximum atomic E-state index is 12.4. The number of aromatic hydroxyl groups is 1. The Labute approximate surface area is 162 Å². The molecule has 0 bridgehead atoms. The summed E-state index contributed by atoms with van der Waals surface area (Å²) < 4.78 is 1.73. The highest BCUT2D eigenvalue weighted by atomic mass is 16.3. The summed E-state index contributed by atoms with van der Waals surface area (Å²) in [6.45, 7) is 1.74. The van der Waals surface area contributed by atoms with Crippen LogP contribution in [0, 0.1) is 18.8 Å². The normalized spacial score (nSPS) is 14.8. The third-order valence-electron chi connectivity index (χ3n) is 5.44. The highest BCUT2D eigenvalue weighted by molar-refractivity contribution is 5.71. The summed E-state index contributed by atoms with van der Waals surface area (Å²) in [5.74, 6) is 5.75. The molecule has 4 rings (SSSR count). The molecule has 0 unspecified atom stereocenters. The highest BCUT2D eigenvalue weighted by Crippen LogP contribution is 2.37. The standard InChI is InChI=1S/C22H23N3O3/c1-14-21(16-7-3-2-4-8-16)22-23-20(28)13-18(25(22)24-14)17-10-9-15(6-5-11-26)12-19(17)27/h9-10,12-13,16,26-27H,2-4,7-8,11H2,1H3,(H,23,28). The summed E-state index contributed by atoms with van der Waals surface area (Å²) in [6.07, 6.45) is 5.87. The lowest BCUT2D eigenvalue weighted by Crippen LogP contribution is -2.12. The molecule has 3 aromatic rings. The summed E-state index contributed by atoms with van der Waals surface area (Å²) >= 11 is 0. The number of phenolic OH excluding ortho intramolecular Hbond substituents is 1. The number of hydrogen-bond donors (Lipinski definition) is 3. The molecule has 0 atom stereocenters. The Kier molecular flexibility index (Phi) is 4.93. The molecule has 6 nitrogen and oxygen atoms in total. The van der Waals surface area contributed by atoms with Gasteiger partial charge in [-0.3, -0.25) is 4.79 Å². The van der Waals surface area contributed by atoms with E-state index in [2.05, 4.69) is 16.8 Å². The fourth-order valence-electron chi connectivity index (χ4n) is 4.21. The molecular formula is C22H23N3O3. The molecule has 144 valence electrons. The average Bonchev–Trinajstić information content (AvgIpc) is 3.02. The van der Waals surface area contributed by atoms with Gasteiger partial charge in [0.1, 0.15) is 18.0 Å². The Morgan fingerprint density at radius 2 is 2.04 bits per heavy atom. The number of aromatic amines is 1. The number of benzene rings is 1. The molecule has 0 spiro atoms. The monoisotopic (exact) mass is 377 g/mol. The molecule has 1 saturated carbocycles. The average molecular weight is 377 g/mol. The molecule has 2 aromatic heterocycles. The second-order valence-electron chi connectivity index (χ2n) is 7.31. The number of hydrogen-bond acceptors (Lipinski definition) is 4. The lowest BCUT2D eigenvalue weighted by molar-refractivity contribution is 0.350. The molecule has 1 fully saturated rings. The molecule has 2 heterocycles. The van der Waals surface area contributed by atoms with Crippen LogP contribution in [0.15, 0.2) is 29.1 Å². The lowest BCUT2D eigenvalue weighted by atomic mass is 9.84. The number of aliphatic hydroxyl groups is 1. The predicted octanol–water partition coefficient (Wildman–Crippen LogP) is 3.10. The van der Waals surface area contributed by atoms with E-state index in [1.807, 2.05) is 6.92 Å². The van der Waals surface area contributed by atoms with Crippen LogP contribution in [-0.2, 0) is 0 Å². The Hall–Kier alpha value is -3.04. The summed E-state index contributed by atoms with van der Waals surface area (Å²) in [5.41, 5.74) is 4.18. The zero-order chi connectivity index (χ0) is 19.7. The number of phenols is 1. The largest absolute Gasteiger partial charge is 0.507 e. The van der Waals surface area contributed by atoms with Crippen LogP contribution in [0.25, 0.3) is 16.9 Å². The Morgan fingerprint density at radius 1 is 1.25 bits per heavy atom. The van der Waals surface area contributed by atoms with Gasteiger partial charge >= 0.3 is 0 Å². The van der Waals surface area contributed by atoms with Crippen LogP contribution >= 0.6 is 0 Å². The van der Waals surface area contributed by atoms with Crippen molar-refractivity contribution in [3.63, 3.8) is 0 Å². The summed E-state index contributed by atoms with van der Waals surface area (Å²) in [6, 6.07) is 6.47. The van der Waals surface area contributed by atoms with Crippen molar-refractivity contribution in [3.8, 4) is 28.8 Å². The second kappa shape index (κ2) is 7.53. The number of rotatable bonds is 2. The van der Waals surface area contributed by atoms with Crippen molar-refractivity contribution in [1.29, 1.82) is 0 Å². The van der Waals surface area contributed by atoms with E-state index in [0.717, 1.165) is 29.7 Å². The van der Waals surface area contributed by atoms with E-state index in [0.29, 0.717) is 22.7 Å². The van der Waals surface area contributed by atoms with Gasteiger partial charge in [-0.05, 0) is 43.9 Å². The van der Waals surface area contributed by atoms with Crippen molar-refractivity contribution in [3.05, 3.63) is 51.4 Å². The first-order chi connectivity index (χ1) is 13.6. The molecule has 0 radical (unpaired) electrons. The molecule has 0 aliphatic heterocycles. The van der Waals surface area contributed by atoms with Gasteiger partial charge in [0.25, 0.3) is 5.56 Å². The van der Waals surface area contributed by atoms with Crippen LogP contribution in [0.4, 0.5) is 0 Å². The minimum absolute atomic E-state index is 0.0176. The molecule has 3 N–H and O–H groups in total. The zero-order valence-corrected chi connectivity index (χ0v) is 15.8. The fourth-order valence-corrected chi connectivity index (χ4v) is 4.21. The molecule has 28 heavy (non-hydrogen) atoms. The Balaban J connectivity index is 1.88. The maximum absolute atomic E-state index is 12.4. The van der Waals surface area contributed by atoms with E-state index in [4.69, 9.17) is 10.2 Å². The van der Waals surface area contributed by atoms with E-state index < -0.39 is 0 Å². The molecular weight excluding hydrogens is 354 g/mol. The summed E-state index contributed by atoms with van der Waals surface area (Å²) in [4.78, 5) is 15.4. The quantitative estimate of drug-likeness (QED) is 0.599. The molecule has 0 amide bonds. The number of aryl methyl sites for hydroxylation is 1. The molecule has 6 heteroatoms. The van der Waals surface area contributed by atoms with Crippen molar-refractivity contribution in [2.45, 2.75) is 44.9 Å². The van der Waals surface area contributed by atoms with Crippen LogP contribution in [0.3, 0.4) is 0 Å². The fraction of sp³-hybridized carbons (Fsp3) is 0.364. The number of nitrogens with zero attached hydrogens (tertiary/aromatic N) is 2. The first-order valence-electron chi connectivity index (χ1n) is 9.64. The van der Waals surface area contributed by atoms with Crippen LogP contribution in [0.1, 0.15) is 54.8 Å². The topological polar surface area (TPSA) is 90.6 Å². The van der Waals surface area contributed by atoms with Gasteiger partial charge in [0.15, 0.2) is 0 Å². The predicted molar refractivity (Wildman–Crippen MR) is 107 cm³/mol. The van der Waals surface area contributed by atoms with Crippen molar-refractivity contribution >= 4 is 5.65 Å². The van der Waals surface area contributed by atoms with Crippen molar-refractivity contribution in [2.75, 3.05) is 6.61 Å². The van der Waals surface area contributed by atoms with E-state index in [1.165, 1.54) is 31.4 Å². The smallest absolute Gasteiger partial charge is 0.251 e. The minimum atomic E-state index is -0.242. The summed E-state index contributed by atoms with van der Waals surface area (Å²) in [5, 5.41) is 24.1. The van der Waals surface area contributed by atoms with Crippen LogP contribution in [-0.4, -0.2) is 31.4 Å². The van der Waals surface area contributed by atoms with Gasteiger partial charge < -0.3 is 15.2 Å². The zero-order valence-electron chi connectivity index (χ0n) is 15.8. The highest BCUT2D eigenvalue weighted by Gasteiger charge is 2.24. The van der Waals surface area contributed by atoms with Crippen LogP contribution in [0.2, 0.25) is 0 Å². The van der Waals surface area contributed by atoms with E-state index in [9.17, 15) is 9.90 Å². The third-order valence-corrected chi connectivity index (χ3v) is 5.44. The van der Waals surface area contributed by atoms with Crippen LogP contribution in [0.5, 0.6) is 5.75 Å². The number of aromatic nitrogens is 3. The SMILES string of the molecule is Cc1nn2c(-c3ccc(C#CCO)cc3O)cc(=O)[nH]c2c1C1CCCCC1. The number of nitrogens with one attached hydrogen (secondary N) is 1. The van der Waals surface area contributed by atoms with E-state index >= 15 is 0 Å². The van der Waals surface area contributed by atoms with Gasteiger partial charge in [-0.1, -0.05) is 31.1 Å². The number of fused-ring (bicyclic) bond motifs is 1. The first kappa shape index (κ1) is 18.3. The van der Waals surface area contributed by atoms with Gasteiger partial charge in [0.05, 0.1) is 11.4 Å². The first-order valence-corrected chi connectivity index (χ1v) is 9.64. The van der Waals surface area contributed by atoms with Crippen molar-refractivity contribution in [1.82, 2.24) is 14.6 Å². The van der Waals surface area contributed by atoms with Gasteiger partial charge in [-0.2, -0.15) is 5.10 Å². The Bertz CT molecular complexity index is 1140. The van der Waals surface area contributed by atoms with Crippen LogP contribution < -0.4 is 5.56 Å². The molecule has 0 saturated heterocycles. The van der Waals surface area contributed by atoms with Gasteiger partial charge in [0.2, 0.25) is 0 Å². The molecule has 1 aliphatic rings. The van der Waals surface area contributed by atoms with Gasteiger partial charge in [-0.25, -0.2) is 4.52 Å². The minimum Gasteiger partial charge on any atom is -0.507 e. The number of H-pyrrole nitrogens is 1. The van der Waals surface area contributed by atoms with E-state index in [1.54, 1.807) is 16.6 Å². The van der Waals surface area contributed by atoms with Gasteiger partial charge in [0, 0.05) is 22.8 Å². The second-order valence-corrected chi connectivity index (χ2v) is 7.31. The Morgan fingerprint density at radius 3 is 2.75 bits per heavy atom. The lowest BCUT2D eigenvalue weighted by Gasteiger charge is -2.21. The maximum Gasteiger partial charge on any atom is 0.251 e. The molecule has 1 aromatic carbocycles. The summed E-state index contributed by atoms with van der Waals surface area (Å²) in [7, 11) is 0. The van der Waals surface area contributed by atoms with Gasteiger partial charge in [-0.15, -0.1) is 0 Å². The number of aliphatic hydroxyl groups excluding tert-OH is 1. The third kappa shape index (κ3) is 3.30. The van der Waals surface area contributed by atoms with Crippen molar-refractivity contribution < 1.29 is 10.2 Å². The van der Waals surface area contributed by atoms with Crippen molar-refractivity contribution in [2.24, 2.45) is 0 Å².